The molecule has 0 saturated carbocycles. The van der Waals surface area contributed by atoms with Gasteiger partial charge in [0.1, 0.15) is 13.2 Å². The van der Waals surface area contributed by atoms with Gasteiger partial charge in [0, 0.05) is 31.4 Å². The summed E-state index contributed by atoms with van der Waals surface area (Å²) in [6, 6.07) is 7.32. The summed E-state index contributed by atoms with van der Waals surface area (Å²) in [5.41, 5.74) is -0.942. The minimum absolute atomic E-state index is 0.0420. The number of phenolic OH excluding ortho intramolecular Hbond substituents is 1. The molecular formula is C25H28O10. The van der Waals surface area contributed by atoms with Gasteiger partial charge in [-0.2, -0.15) is 0 Å². The van der Waals surface area contributed by atoms with Gasteiger partial charge in [0.25, 0.3) is 5.79 Å². The van der Waals surface area contributed by atoms with E-state index in [1.165, 1.54) is 46.3 Å². The van der Waals surface area contributed by atoms with Crippen molar-refractivity contribution in [1.82, 2.24) is 0 Å². The van der Waals surface area contributed by atoms with Gasteiger partial charge in [0.15, 0.2) is 28.6 Å². The van der Waals surface area contributed by atoms with Crippen LogP contribution in [0.1, 0.15) is 30.5 Å². The maximum Gasteiger partial charge on any atom is 0.302 e. The molecule has 1 heterocycles. The number of hydrogen-bond donors (Lipinski definition) is 3. The van der Waals surface area contributed by atoms with Crippen molar-refractivity contribution < 1.29 is 48.6 Å². The summed E-state index contributed by atoms with van der Waals surface area (Å²) in [7, 11) is 2.76. The second kappa shape index (κ2) is 10.2. The number of esters is 2. The monoisotopic (exact) mass is 488 g/mol. The minimum Gasteiger partial charge on any atom is -0.504 e. The van der Waals surface area contributed by atoms with Crippen LogP contribution in [-0.2, 0) is 31.3 Å². The first-order valence-electron chi connectivity index (χ1n) is 10.7. The molecule has 0 saturated heterocycles. The zero-order valence-electron chi connectivity index (χ0n) is 19.9. The molecular weight excluding hydrogens is 460 g/mol. The highest BCUT2D eigenvalue weighted by atomic mass is 16.7. The number of aromatic hydroxyl groups is 1. The third-order valence-electron chi connectivity index (χ3n) is 5.52. The predicted molar refractivity (Wildman–Crippen MR) is 123 cm³/mol. The second-order valence-corrected chi connectivity index (χ2v) is 8.04. The first kappa shape index (κ1) is 25.9. The van der Waals surface area contributed by atoms with Crippen LogP contribution < -0.4 is 14.2 Å². The Morgan fingerprint density at radius 1 is 1.03 bits per heavy atom. The van der Waals surface area contributed by atoms with E-state index in [0.717, 1.165) is 0 Å². The van der Waals surface area contributed by atoms with E-state index < -0.39 is 29.9 Å². The third-order valence-corrected chi connectivity index (χ3v) is 5.52. The van der Waals surface area contributed by atoms with E-state index in [9.17, 15) is 24.9 Å². The largest absolute Gasteiger partial charge is 0.504 e. The zero-order chi connectivity index (χ0) is 25.8. The van der Waals surface area contributed by atoms with Crippen molar-refractivity contribution in [1.29, 1.82) is 0 Å². The van der Waals surface area contributed by atoms with Gasteiger partial charge in [0.2, 0.25) is 0 Å². The van der Waals surface area contributed by atoms with Crippen molar-refractivity contribution in [2.24, 2.45) is 0 Å². The van der Waals surface area contributed by atoms with E-state index in [1.807, 2.05) is 0 Å². The summed E-state index contributed by atoms with van der Waals surface area (Å²) in [4.78, 5) is 22.5. The van der Waals surface area contributed by atoms with Crippen LogP contribution in [0.3, 0.4) is 0 Å². The molecule has 35 heavy (non-hydrogen) atoms. The quantitative estimate of drug-likeness (QED) is 0.473. The molecule has 10 nitrogen and oxygen atoms in total. The van der Waals surface area contributed by atoms with E-state index in [0.29, 0.717) is 11.1 Å². The summed E-state index contributed by atoms with van der Waals surface area (Å²) in [5.74, 6) is -3.17. The first-order valence-corrected chi connectivity index (χ1v) is 10.7. The number of fused-ring (bicyclic) bond motifs is 1. The molecule has 2 atom stereocenters. The molecule has 0 radical (unpaired) electrons. The lowest BCUT2D eigenvalue weighted by molar-refractivity contribution is -0.287. The Hall–Kier alpha value is -3.76. The summed E-state index contributed by atoms with van der Waals surface area (Å²) >= 11 is 0. The number of hydrogen-bond acceptors (Lipinski definition) is 10. The van der Waals surface area contributed by atoms with Gasteiger partial charge in [-0.15, -0.1) is 0 Å². The maximum absolute atomic E-state index is 11.7. The molecule has 3 rings (SSSR count). The molecule has 0 bridgehead atoms. The number of carbonyl (C=O) groups excluding carboxylic acids is 2. The van der Waals surface area contributed by atoms with Crippen molar-refractivity contribution in [3.8, 4) is 23.0 Å². The molecule has 0 aliphatic carbocycles. The van der Waals surface area contributed by atoms with Crippen molar-refractivity contribution in [2.45, 2.75) is 31.7 Å². The SMILES string of the molecule is COc1cc(C2(O)Oc3c(cc(C=CCOC(C)=O)cc3OC)CC2(O)COC(C)=O)ccc1O. The standard InChI is InChI=1S/C25H28O10/c1-15(26)33-9-5-6-17-10-18-13-24(29,14-34-16(2)27)25(30,35-23(18)22(11-17)32-4)19-7-8-20(28)21(12-19)31-3/h5-8,10-12,28-30H,9,13-14H2,1-4H3. The Kier molecular flexibility index (Phi) is 7.57. The number of phenols is 1. The van der Waals surface area contributed by atoms with Gasteiger partial charge >= 0.3 is 11.9 Å². The lowest BCUT2D eigenvalue weighted by Crippen LogP contribution is -2.62. The molecule has 3 N–H and O–H groups in total. The smallest absolute Gasteiger partial charge is 0.302 e. The van der Waals surface area contributed by atoms with Crippen LogP contribution in [0.5, 0.6) is 23.0 Å². The Morgan fingerprint density at radius 2 is 1.71 bits per heavy atom. The normalized spacial score (nSPS) is 21.1. The Labute approximate surface area is 202 Å². The van der Waals surface area contributed by atoms with Gasteiger partial charge in [-0.05, 0) is 42.0 Å². The van der Waals surface area contributed by atoms with Gasteiger partial charge in [0.05, 0.1) is 14.2 Å². The first-order chi connectivity index (χ1) is 16.5. The highest BCUT2D eigenvalue weighted by molar-refractivity contribution is 5.67. The van der Waals surface area contributed by atoms with Crippen molar-refractivity contribution >= 4 is 18.0 Å². The Balaban J connectivity index is 2.10. The zero-order valence-corrected chi connectivity index (χ0v) is 19.9. The van der Waals surface area contributed by atoms with Gasteiger partial charge in [-0.3, -0.25) is 9.59 Å². The van der Waals surface area contributed by atoms with Crippen LogP contribution in [-0.4, -0.2) is 60.3 Å². The number of benzene rings is 2. The fraction of sp³-hybridized carbons (Fsp3) is 0.360. The van der Waals surface area contributed by atoms with Crippen LogP contribution in [0.25, 0.3) is 6.08 Å². The van der Waals surface area contributed by atoms with E-state index >= 15 is 0 Å². The minimum atomic E-state index is -2.41. The van der Waals surface area contributed by atoms with E-state index in [1.54, 1.807) is 24.3 Å². The van der Waals surface area contributed by atoms with E-state index in [2.05, 4.69) is 0 Å². The second-order valence-electron chi connectivity index (χ2n) is 8.04. The molecule has 2 aromatic carbocycles. The van der Waals surface area contributed by atoms with Gasteiger partial charge in [-0.1, -0.05) is 6.08 Å². The highest BCUT2D eigenvalue weighted by Crippen LogP contribution is 2.49. The molecule has 2 unspecified atom stereocenters. The van der Waals surface area contributed by atoms with E-state index in [-0.39, 0.29) is 41.6 Å². The van der Waals surface area contributed by atoms with Crippen molar-refractivity contribution in [3.63, 3.8) is 0 Å². The predicted octanol–water partition coefficient (Wildman–Crippen LogP) is 2.06. The number of ether oxygens (including phenoxy) is 5. The molecule has 0 fully saturated rings. The fourth-order valence-corrected chi connectivity index (χ4v) is 3.79. The Bertz CT molecular complexity index is 1140. The topological polar surface area (TPSA) is 141 Å². The number of aliphatic hydroxyl groups is 2. The molecule has 2 aromatic rings. The fourth-order valence-electron chi connectivity index (χ4n) is 3.79. The average Bonchev–Trinajstić information content (AvgIpc) is 2.81. The molecule has 0 spiro atoms. The van der Waals surface area contributed by atoms with Gasteiger partial charge in [-0.25, -0.2) is 0 Å². The summed E-state index contributed by atoms with van der Waals surface area (Å²) in [5, 5.41) is 33.3. The third kappa shape index (κ3) is 5.33. The van der Waals surface area contributed by atoms with Crippen molar-refractivity contribution in [3.05, 3.63) is 53.1 Å². The molecule has 1 aliphatic heterocycles. The van der Waals surface area contributed by atoms with Crippen LogP contribution in [0, 0.1) is 0 Å². The number of methoxy groups -OCH3 is 2. The molecule has 0 aromatic heterocycles. The van der Waals surface area contributed by atoms with Gasteiger partial charge < -0.3 is 39.0 Å². The number of rotatable bonds is 8. The van der Waals surface area contributed by atoms with Crippen LogP contribution >= 0.6 is 0 Å². The maximum atomic E-state index is 11.7. The lowest BCUT2D eigenvalue weighted by Gasteiger charge is -2.46. The highest BCUT2D eigenvalue weighted by Gasteiger charge is 2.58. The summed E-state index contributed by atoms with van der Waals surface area (Å²) in [6.07, 6.45) is 3.15. The van der Waals surface area contributed by atoms with Crippen molar-refractivity contribution in [2.75, 3.05) is 27.4 Å². The summed E-state index contributed by atoms with van der Waals surface area (Å²) < 4.78 is 26.6. The lowest BCUT2D eigenvalue weighted by atomic mass is 9.79. The van der Waals surface area contributed by atoms with Crippen LogP contribution in [0.4, 0.5) is 0 Å². The molecule has 0 amide bonds. The van der Waals surface area contributed by atoms with E-state index in [4.69, 9.17) is 23.7 Å². The number of carbonyl (C=O) groups is 2. The molecule has 1 aliphatic rings. The average molecular weight is 488 g/mol. The Morgan fingerprint density at radius 3 is 2.34 bits per heavy atom. The van der Waals surface area contributed by atoms with Crippen LogP contribution in [0.15, 0.2) is 36.4 Å². The van der Waals surface area contributed by atoms with Crippen LogP contribution in [0.2, 0.25) is 0 Å². The summed E-state index contributed by atoms with van der Waals surface area (Å²) in [6.45, 7) is 1.97. The molecule has 188 valence electrons. The molecule has 10 heteroatoms.